The summed E-state index contributed by atoms with van der Waals surface area (Å²) in [6.45, 7) is 12.8. The zero-order valence-electron chi connectivity index (χ0n) is 46.7. The van der Waals surface area contributed by atoms with Crippen molar-refractivity contribution < 1.29 is 60.5 Å². The second kappa shape index (κ2) is 25.9. The van der Waals surface area contributed by atoms with Crippen LogP contribution in [0.4, 0.5) is 39.3 Å². The van der Waals surface area contributed by atoms with E-state index in [0.717, 1.165) is 33.8 Å². The second-order valence-corrected chi connectivity index (χ2v) is 22.8. The van der Waals surface area contributed by atoms with Crippen molar-refractivity contribution in [2.75, 3.05) is 94.4 Å². The van der Waals surface area contributed by atoms with Crippen LogP contribution in [-0.2, 0) is 41.4 Å². The Labute approximate surface area is 476 Å². The maximum Gasteiger partial charge on any atom is 0.417 e. The minimum absolute atomic E-state index is 0.00718. The molecule has 5 heterocycles. The van der Waals surface area contributed by atoms with Crippen molar-refractivity contribution in [2.45, 2.75) is 91.0 Å². The lowest BCUT2D eigenvalue weighted by Gasteiger charge is -2.44. The molecule has 3 aliphatic rings. The number of rotatable bonds is 18. The molecular weight excluding hydrogens is 1090 g/mol. The van der Waals surface area contributed by atoms with Gasteiger partial charge >= 0.3 is 6.18 Å². The van der Waals surface area contributed by atoms with E-state index in [1.807, 2.05) is 61.9 Å². The van der Waals surface area contributed by atoms with Crippen LogP contribution in [0, 0.1) is 24.0 Å². The minimum atomic E-state index is -5.04. The van der Waals surface area contributed by atoms with Gasteiger partial charge in [0.1, 0.15) is 36.9 Å². The van der Waals surface area contributed by atoms with E-state index in [1.165, 1.54) is 29.4 Å². The molecule has 3 aromatic carbocycles. The maximum atomic E-state index is 16.2. The second-order valence-electron chi connectivity index (χ2n) is 21.9. The van der Waals surface area contributed by atoms with E-state index in [-0.39, 0.29) is 85.9 Å². The number of carbonyl (C=O) groups excluding carboxylic acids is 5. The number of alkyl halides is 3. The van der Waals surface area contributed by atoms with E-state index in [2.05, 4.69) is 35.8 Å². The Morgan fingerprint density at radius 1 is 0.829 bits per heavy atom. The van der Waals surface area contributed by atoms with Crippen LogP contribution in [0.1, 0.15) is 68.2 Å². The molecule has 8 rings (SSSR count). The molecule has 440 valence electrons. The molecule has 19 nitrogen and oxygen atoms in total. The number of ether oxygens (including phenoxy) is 2. The summed E-state index contributed by atoms with van der Waals surface area (Å²) in [6.07, 6.45) is -3.15. The van der Waals surface area contributed by atoms with Gasteiger partial charge in [0.15, 0.2) is 0 Å². The van der Waals surface area contributed by atoms with Gasteiger partial charge in [0, 0.05) is 94.4 Å². The smallest absolute Gasteiger partial charge is 0.391 e. The Kier molecular flexibility index (Phi) is 19.3. The molecule has 25 heteroatoms. The molecule has 5 aromatic rings. The molecule has 0 aliphatic carbocycles. The third-order valence-corrected chi connectivity index (χ3v) is 15.9. The molecule has 5 amide bonds. The molecule has 82 heavy (non-hydrogen) atoms. The van der Waals surface area contributed by atoms with Crippen molar-refractivity contribution in [1.82, 2.24) is 40.3 Å². The van der Waals surface area contributed by atoms with Crippen molar-refractivity contribution in [3.63, 3.8) is 0 Å². The number of aryl methyl sites for hydroxylation is 1. The number of nitrogens with zero attached hydrogens (tertiary/aromatic N) is 8. The number of halogens is 5. The van der Waals surface area contributed by atoms with Crippen molar-refractivity contribution in [3.05, 3.63) is 107 Å². The molecule has 0 saturated carbocycles. The van der Waals surface area contributed by atoms with Crippen molar-refractivity contribution in [3.8, 4) is 21.6 Å². The Balaban J connectivity index is 0.789. The largest absolute Gasteiger partial charge is 0.417 e. The average Bonchev–Trinajstić information content (AvgIpc) is 4.14. The molecule has 3 aliphatic heterocycles. The van der Waals surface area contributed by atoms with Crippen LogP contribution in [0.2, 0.25) is 0 Å². The molecule has 1 unspecified atom stereocenters. The van der Waals surface area contributed by atoms with Crippen LogP contribution in [-0.4, -0.2) is 174 Å². The number of hydrogen-bond acceptors (Lipinski definition) is 15. The first-order valence-corrected chi connectivity index (χ1v) is 27.8. The Bertz CT molecular complexity index is 3090. The lowest BCUT2D eigenvalue weighted by molar-refractivity contribution is -0.144. The van der Waals surface area contributed by atoms with Crippen molar-refractivity contribution in [1.29, 1.82) is 0 Å². The van der Waals surface area contributed by atoms with Gasteiger partial charge in [-0.3, -0.25) is 28.9 Å². The number of likely N-dealkylation sites (tertiary alicyclic amines) is 1. The summed E-state index contributed by atoms with van der Waals surface area (Å²) in [5, 5.41) is 18.8. The highest BCUT2D eigenvalue weighted by Crippen LogP contribution is 2.38. The zero-order valence-corrected chi connectivity index (χ0v) is 47.5. The number of carbonyl (C=O) groups is 5. The number of aliphatic hydroxyl groups excluding tert-OH is 1. The lowest BCUT2D eigenvalue weighted by atomic mass is 9.85. The van der Waals surface area contributed by atoms with Gasteiger partial charge in [-0.2, -0.15) is 13.2 Å². The number of aromatic nitrogens is 3. The van der Waals surface area contributed by atoms with Gasteiger partial charge in [0.25, 0.3) is 5.91 Å². The Hall–Kier alpha value is -7.19. The predicted molar refractivity (Wildman–Crippen MR) is 298 cm³/mol. The number of thiazole rings is 1. The van der Waals surface area contributed by atoms with E-state index in [9.17, 15) is 46.6 Å². The first kappa shape index (κ1) is 60.9. The fourth-order valence-corrected chi connectivity index (χ4v) is 11.0. The van der Waals surface area contributed by atoms with Crippen molar-refractivity contribution >= 4 is 58.2 Å². The zero-order chi connectivity index (χ0) is 59.2. The number of amides is 5. The van der Waals surface area contributed by atoms with E-state index in [0.29, 0.717) is 45.2 Å². The standard InChI is InChI=1S/C57H68F5N11O8S/c1-33-27-72(28-34(2)69(33)7)46-23-44(59)42(22-45(46)67-52(77)41-13-12-39(58)20-43(41)57(60,61)62)38-25-64-55(65-26-38)71-16-14-70(15-17-71)49(76)31-81-19-18-80-30-48(75)68-51(56(4,5)6)54(79)73-29-40(74)21-47(73)53(78)63-24-36-8-10-37(11-9-36)50-35(3)66-32-82-50/h8-13,20,22-23,25-26,32-34,40,47,51,74H,14-19,21,24,27-31H2,1-7H3,(H,63,78)(H,67,77)(H,68,75)/t33-,34+,40-,47+,51?/m1/s1. The van der Waals surface area contributed by atoms with Gasteiger partial charge in [-0.25, -0.2) is 23.7 Å². The summed E-state index contributed by atoms with van der Waals surface area (Å²) in [5.74, 6) is -4.53. The normalized spacial score (nSPS) is 19.3. The maximum absolute atomic E-state index is 16.2. The number of anilines is 3. The van der Waals surface area contributed by atoms with Gasteiger partial charge in [-0.15, -0.1) is 11.3 Å². The summed E-state index contributed by atoms with van der Waals surface area (Å²) in [5.41, 5.74) is 2.01. The van der Waals surface area contributed by atoms with E-state index in [4.69, 9.17) is 9.47 Å². The van der Waals surface area contributed by atoms with E-state index in [1.54, 1.807) is 42.5 Å². The number of benzene rings is 3. The molecule has 2 aromatic heterocycles. The fourth-order valence-electron chi connectivity index (χ4n) is 10.2. The summed E-state index contributed by atoms with van der Waals surface area (Å²) in [6, 6.07) is 10.1. The third-order valence-electron chi connectivity index (χ3n) is 15.0. The summed E-state index contributed by atoms with van der Waals surface area (Å²) >= 11 is 1.55. The summed E-state index contributed by atoms with van der Waals surface area (Å²) in [4.78, 5) is 90.4. The van der Waals surface area contributed by atoms with Crippen LogP contribution < -0.4 is 25.8 Å². The minimum Gasteiger partial charge on any atom is -0.391 e. The topological polar surface area (TPSA) is 215 Å². The summed E-state index contributed by atoms with van der Waals surface area (Å²) < 4.78 is 83.2. The van der Waals surface area contributed by atoms with Gasteiger partial charge in [0.2, 0.25) is 29.6 Å². The number of likely N-dealkylation sites (N-methyl/N-ethyl adjacent to an activating group) is 1. The number of hydrogen-bond donors (Lipinski definition) is 4. The molecule has 5 atom stereocenters. The van der Waals surface area contributed by atoms with E-state index < -0.39 is 82.8 Å². The average molecular weight is 1160 g/mol. The van der Waals surface area contributed by atoms with Gasteiger partial charge in [0.05, 0.1) is 57.9 Å². The summed E-state index contributed by atoms with van der Waals surface area (Å²) in [7, 11) is 1.95. The molecular formula is C57H68F5N11O8S. The Morgan fingerprint density at radius 2 is 1.49 bits per heavy atom. The molecule has 3 fully saturated rings. The van der Waals surface area contributed by atoms with E-state index >= 15 is 4.39 Å². The number of aliphatic hydroxyl groups is 1. The first-order chi connectivity index (χ1) is 38.9. The van der Waals surface area contributed by atoms with Crippen LogP contribution in [0.3, 0.4) is 0 Å². The highest BCUT2D eigenvalue weighted by Gasteiger charge is 2.45. The SMILES string of the molecule is Cc1ncsc1-c1ccc(CNC(=O)[C@@H]2C[C@@H](O)CN2C(=O)C(NC(=O)COCCOCC(=O)N2CCN(c3ncc(-c4cc(NC(=O)c5ccc(F)cc5C(F)(F)F)c(N5C[C@@H](C)N(C)[C@@H](C)C5)cc4F)cn3)CC2)C(C)(C)C)cc1. The van der Waals surface area contributed by atoms with Crippen LogP contribution in [0.15, 0.2) is 72.5 Å². The predicted octanol–water partition coefficient (Wildman–Crippen LogP) is 6.14. The molecule has 0 radical (unpaired) electrons. The van der Waals surface area contributed by atoms with Gasteiger partial charge in [-0.05, 0) is 74.7 Å². The quantitative estimate of drug-likeness (QED) is 0.0573. The van der Waals surface area contributed by atoms with Crippen LogP contribution in [0.5, 0.6) is 0 Å². The highest BCUT2D eigenvalue weighted by molar-refractivity contribution is 7.13. The molecule has 3 saturated heterocycles. The highest BCUT2D eigenvalue weighted by atomic mass is 32.1. The molecule has 0 spiro atoms. The Morgan fingerprint density at radius 3 is 2.11 bits per heavy atom. The lowest BCUT2D eigenvalue weighted by Crippen LogP contribution is -2.58. The van der Waals surface area contributed by atoms with Gasteiger partial charge in [-0.1, -0.05) is 45.0 Å². The molecule has 0 bridgehead atoms. The number of nitrogens with one attached hydrogen (secondary N) is 3. The fraction of sp³-hybridized carbons (Fsp3) is 0.474. The monoisotopic (exact) mass is 1160 g/mol. The number of β-amino-alcohol motifs (C(OH)–C–C–N with tert-alkyl or cyclic N) is 1. The van der Waals surface area contributed by atoms with Crippen molar-refractivity contribution in [2.24, 2.45) is 5.41 Å². The number of piperazine rings is 2. The van der Waals surface area contributed by atoms with Crippen LogP contribution >= 0.6 is 11.3 Å². The van der Waals surface area contributed by atoms with Crippen LogP contribution in [0.25, 0.3) is 21.6 Å². The molecule has 4 N–H and O–H groups in total. The third kappa shape index (κ3) is 14.7. The van der Waals surface area contributed by atoms with Gasteiger partial charge < -0.3 is 50.1 Å². The first-order valence-electron chi connectivity index (χ1n) is 26.9.